The third kappa shape index (κ3) is 4.44. The van der Waals surface area contributed by atoms with Crippen LogP contribution in [-0.2, 0) is 10.3 Å². The molecule has 1 aliphatic heterocycles. The first-order valence-corrected chi connectivity index (χ1v) is 10.6. The first kappa shape index (κ1) is 21.4. The highest BCUT2D eigenvalue weighted by atomic mass is 16.5. The van der Waals surface area contributed by atoms with E-state index < -0.39 is 5.60 Å². The molecule has 0 aromatic heterocycles. The van der Waals surface area contributed by atoms with Crippen LogP contribution >= 0.6 is 0 Å². The van der Waals surface area contributed by atoms with Gasteiger partial charge in [0.05, 0.1) is 26.9 Å². The van der Waals surface area contributed by atoms with E-state index in [2.05, 4.69) is 17.4 Å². The van der Waals surface area contributed by atoms with Crippen LogP contribution in [0.25, 0.3) is 0 Å². The largest absolute Gasteiger partial charge is 0.497 e. The Hall–Kier alpha value is -2.86. The van der Waals surface area contributed by atoms with Crippen molar-refractivity contribution in [1.82, 2.24) is 5.32 Å². The standard InChI is InChI=1S/C26H29NO4/c1-29-24-12-8-20(9-13-24)26(19-6-4-3-5-7-19,21-10-14-25(30-2)15-11-21)31-18-22-16-23(28)17-27-22/h3-15,22-23,27-28H,16-18H2,1-2H3/t22-,23-/m0/s1. The summed E-state index contributed by atoms with van der Waals surface area (Å²) in [6.07, 6.45) is 0.345. The van der Waals surface area contributed by atoms with Gasteiger partial charge in [0.25, 0.3) is 0 Å². The predicted molar refractivity (Wildman–Crippen MR) is 121 cm³/mol. The number of ether oxygens (including phenoxy) is 3. The second-order valence-corrected chi connectivity index (χ2v) is 7.81. The maximum atomic E-state index is 9.95. The molecule has 2 atom stereocenters. The van der Waals surface area contributed by atoms with Crippen LogP contribution in [-0.4, -0.2) is 44.6 Å². The number of hydrogen-bond donors (Lipinski definition) is 2. The van der Waals surface area contributed by atoms with E-state index in [9.17, 15) is 5.11 Å². The molecule has 0 amide bonds. The molecular formula is C26H29NO4. The quantitative estimate of drug-likeness (QED) is 0.545. The van der Waals surface area contributed by atoms with Gasteiger partial charge in [0, 0.05) is 12.6 Å². The molecule has 1 heterocycles. The van der Waals surface area contributed by atoms with Crippen molar-refractivity contribution in [2.24, 2.45) is 0 Å². The lowest BCUT2D eigenvalue weighted by Gasteiger charge is -2.37. The average molecular weight is 420 g/mol. The fraction of sp³-hybridized carbons (Fsp3) is 0.308. The van der Waals surface area contributed by atoms with E-state index in [4.69, 9.17) is 14.2 Å². The number of nitrogens with one attached hydrogen (secondary N) is 1. The van der Waals surface area contributed by atoms with Crippen LogP contribution < -0.4 is 14.8 Å². The maximum Gasteiger partial charge on any atom is 0.143 e. The molecular weight excluding hydrogens is 390 g/mol. The summed E-state index contributed by atoms with van der Waals surface area (Å²) in [5.74, 6) is 1.59. The fourth-order valence-electron chi connectivity index (χ4n) is 4.22. The van der Waals surface area contributed by atoms with Crippen LogP contribution in [0.1, 0.15) is 23.1 Å². The minimum absolute atomic E-state index is 0.0922. The minimum atomic E-state index is -0.824. The van der Waals surface area contributed by atoms with Gasteiger partial charge in [-0.15, -0.1) is 0 Å². The molecule has 4 rings (SSSR count). The lowest BCUT2D eigenvalue weighted by atomic mass is 9.80. The number of aliphatic hydroxyl groups is 1. The maximum absolute atomic E-state index is 9.95. The van der Waals surface area contributed by atoms with E-state index in [1.165, 1.54) is 0 Å². The van der Waals surface area contributed by atoms with Crippen molar-refractivity contribution in [3.63, 3.8) is 0 Å². The van der Waals surface area contributed by atoms with E-state index in [1.54, 1.807) is 14.2 Å². The number of aliphatic hydroxyl groups excluding tert-OH is 1. The molecule has 5 nitrogen and oxygen atoms in total. The van der Waals surface area contributed by atoms with Gasteiger partial charge in [0.15, 0.2) is 0 Å². The Labute approximate surface area is 183 Å². The summed E-state index contributed by atoms with van der Waals surface area (Å²) in [6, 6.07) is 26.3. The third-order valence-corrected chi connectivity index (χ3v) is 5.87. The number of rotatable bonds is 8. The Bertz CT molecular complexity index is 909. The van der Waals surface area contributed by atoms with Crippen molar-refractivity contribution in [2.45, 2.75) is 24.2 Å². The normalized spacial score (nSPS) is 18.7. The zero-order valence-corrected chi connectivity index (χ0v) is 18.0. The van der Waals surface area contributed by atoms with Crippen LogP contribution in [0, 0.1) is 0 Å². The summed E-state index contributed by atoms with van der Waals surface area (Å²) < 4.78 is 17.6. The first-order chi connectivity index (χ1) is 15.2. The minimum Gasteiger partial charge on any atom is -0.497 e. The molecule has 1 aliphatic rings. The van der Waals surface area contributed by atoms with Crippen molar-refractivity contribution < 1.29 is 19.3 Å². The second kappa shape index (κ2) is 9.52. The van der Waals surface area contributed by atoms with Crippen LogP contribution in [0.5, 0.6) is 11.5 Å². The van der Waals surface area contributed by atoms with Crippen molar-refractivity contribution in [2.75, 3.05) is 27.4 Å². The van der Waals surface area contributed by atoms with E-state index in [1.807, 2.05) is 66.7 Å². The molecule has 3 aromatic carbocycles. The Morgan fingerprint density at radius 1 is 0.806 bits per heavy atom. The number of hydrogen-bond acceptors (Lipinski definition) is 5. The Kier molecular flexibility index (Phi) is 6.56. The number of benzene rings is 3. The van der Waals surface area contributed by atoms with E-state index in [0.29, 0.717) is 19.6 Å². The summed E-state index contributed by atoms with van der Waals surface area (Å²) in [7, 11) is 3.33. The molecule has 0 unspecified atom stereocenters. The fourth-order valence-corrected chi connectivity index (χ4v) is 4.22. The van der Waals surface area contributed by atoms with E-state index in [0.717, 1.165) is 28.2 Å². The van der Waals surface area contributed by atoms with Crippen LogP contribution in [0.3, 0.4) is 0 Å². The topological polar surface area (TPSA) is 60.0 Å². The lowest BCUT2D eigenvalue weighted by molar-refractivity contribution is 0.00120. The van der Waals surface area contributed by atoms with Crippen LogP contribution in [0.2, 0.25) is 0 Å². The summed E-state index contributed by atoms with van der Waals surface area (Å²) in [6.45, 7) is 1.06. The summed E-state index contributed by atoms with van der Waals surface area (Å²) >= 11 is 0. The number of methoxy groups -OCH3 is 2. The SMILES string of the molecule is COc1ccc(C(OC[C@@H]2C[C@H](O)CN2)(c2ccccc2)c2ccc(OC)cc2)cc1. The Morgan fingerprint density at radius 3 is 1.77 bits per heavy atom. The Balaban J connectivity index is 1.83. The highest BCUT2D eigenvalue weighted by Crippen LogP contribution is 2.41. The van der Waals surface area contributed by atoms with Gasteiger partial charge in [0.1, 0.15) is 17.1 Å². The molecule has 0 spiro atoms. The average Bonchev–Trinajstić information content (AvgIpc) is 3.26. The zero-order chi connectivity index (χ0) is 21.7. The van der Waals surface area contributed by atoms with Gasteiger partial charge in [-0.3, -0.25) is 0 Å². The molecule has 5 heteroatoms. The smallest absolute Gasteiger partial charge is 0.143 e. The highest BCUT2D eigenvalue weighted by Gasteiger charge is 2.39. The molecule has 31 heavy (non-hydrogen) atoms. The molecule has 3 aromatic rings. The third-order valence-electron chi connectivity index (χ3n) is 5.87. The van der Waals surface area contributed by atoms with Crippen molar-refractivity contribution >= 4 is 0 Å². The highest BCUT2D eigenvalue weighted by molar-refractivity contribution is 5.49. The van der Waals surface area contributed by atoms with Gasteiger partial charge in [-0.05, 0) is 47.4 Å². The second-order valence-electron chi connectivity index (χ2n) is 7.81. The van der Waals surface area contributed by atoms with Gasteiger partial charge in [-0.1, -0.05) is 54.6 Å². The van der Waals surface area contributed by atoms with Gasteiger partial charge >= 0.3 is 0 Å². The predicted octanol–water partition coefficient (Wildman–Crippen LogP) is 3.74. The van der Waals surface area contributed by atoms with E-state index >= 15 is 0 Å². The van der Waals surface area contributed by atoms with Gasteiger partial charge in [0.2, 0.25) is 0 Å². The number of β-amino-alcohol motifs (C(OH)–C–C–N with tert-alkyl or cyclic N) is 1. The van der Waals surface area contributed by atoms with Gasteiger partial charge in [-0.2, -0.15) is 0 Å². The Morgan fingerprint density at radius 2 is 1.32 bits per heavy atom. The molecule has 0 bridgehead atoms. The lowest BCUT2D eigenvalue weighted by Crippen LogP contribution is -2.38. The molecule has 162 valence electrons. The summed E-state index contributed by atoms with van der Waals surface area (Å²) in [5, 5.41) is 13.3. The zero-order valence-electron chi connectivity index (χ0n) is 18.0. The van der Waals surface area contributed by atoms with Gasteiger partial charge in [-0.25, -0.2) is 0 Å². The van der Waals surface area contributed by atoms with Crippen molar-refractivity contribution in [3.8, 4) is 11.5 Å². The molecule has 1 fully saturated rings. The monoisotopic (exact) mass is 419 g/mol. The molecule has 2 N–H and O–H groups in total. The summed E-state index contributed by atoms with van der Waals surface area (Å²) in [5.41, 5.74) is 2.21. The molecule has 0 saturated carbocycles. The first-order valence-electron chi connectivity index (χ1n) is 10.6. The van der Waals surface area contributed by atoms with Crippen LogP contribution in [0.4, 0.5) is 0 Å². The van der Waals surface area contributed by atoms with Crippen LogP contribution in [0.15, 0.2) is 78.9 Å². The van der Waals surface area contributed by atoms with Crippen molar-refractivity contribution in [1.29, 1.82) is 0 Å². The van der Waals surface area contributed by atoms with Crippen molar-refractivity contribution in [3.05, 3.63) is 95.6 Å². The molecule has 0 aliphatic carbocycles. The molecule has 1 saturated heterocycles. The van der Waals surface area contributed by atoms with E-state index in [-0.39, 0.29) is 12.1 Å². The molecule has 0 radical (unpaired) electrons. The summed E-state index contributed by atoms with van der Waals surface area (Å²) in [4.78, 5) is 0. The van der Waals surface area contributed by atoms with Gasteiger partial charge < -0.3 is 24.6 Å².